The van der Waals surface area contributed by atoms with Crippen LogP contribution in [0.4, 0.5) is 0 Å². The monoisotopic (exact) mass is 376 g/mol. The minimum atomic E-state index is -1.37. The molecule has 140 valence electrons. The SMILES string of the molecule is COc1cccc(CN2CCC[C@](O)(CNCc3snnc3C)C2=O)c1. The van der Waals surface area contributed by atoms with Crippen LogP contribution in [0.15, 0.2) is 24.3 Å². The number of rotatable bonds is 7. The van der Waals surface area contributed by atoms with Gasteiger partial charge in [-0.3, -0.25) is 4.79 Å². The number of hydrogen-bond donors (Lipinski definition) is 2. The maximum atomic E-state index is 12.8. The van der Waals surface area contributed by atoms with E-state index < -0.39 is 5.60 Å². The lowest BCUT2D eigenvalue weighted by atomic mass is 9.91. The molecule has 0 radical (unpaired) electrons. The number of nitrogens with one attached hydrogen (secondary N) is 1. The Balaban J connectivity index is 1.61. The fourth-order valence-corrected chi connectivity index (χ4v) is 3.77. The van der Waals surface area contributed by atoms with Crippen molar-refractivity contribution in [2.75, 3.05) is 20.2 Å². The van der Waals surface area contributed by atoms with Gasteiger partial charge in [0.2, 0.25) is 0 Å². The quantitative estimate of drug-likeness (QED) is 0.761. The molecule has 2 heterocycles. The standard InChI is InChI=1S/C18H24N4O3S/c1-13-16(26-21-20-13)10-19-12-18(24)7-4-8-22(17(18)23)11-14-5-3-6-15(9-14)25-2/h3,5-6,9,19,24H,4,7-8,10-12H2,1-2H3/t18-/m0/s1. The third kappa shape index (κ3) is 4.20. The summed E-state index contributed by atoms with van der Waals surface area (Å²) < 4.78 is 9.13. The van der Waals surface area contributed by atoms with E-state index >= 15 is 0 Å². The first-order valence-corrected chi connectivity index (χ1v) is 9.42. The van der Waals surface area contributed by atoms with Crippen LogP contribution < -0.4 is 10.1 Å². The van der Waals surface area contributed by atoms with E-state index in [1.165, 1.54) is 11.5 Å². The summed E-state index contributed by atoms with van der Waals surface area (Å²) in [6.07, 6.45) is 1.24. The Labute approximate surface area is 157 Å². The van der Waals surface area contributed by atoms with Crippen LogP contribution in [0.2, 0.25) is 0 Å². The van der Waals surface area contributed by atoms with Crippen LogP contribution in [-0.4, -0.2) is 51.3 Å². The molecule has 7 nitrogen and oxygen atoms in total. The van der Waals surface area contributed by atoms with Gasteiger partial charge in [0.15, 0.2) is 5.60 Å². The van der Waals surface area contributed by atoms with E-state index in [0.717, 1.165) is 28.3 Å². The highest BCUT2D eigenvalue weighted by atomic mass is 32.1. The summed E-state index contributed by atoms with van der Waals surface area (Å²) in [7, 11) is 1.62. The topological polar surface area (TPSA) is 87.6 Å². The van der Waals surface area contributed by atoms with Gasteiger partial charge in [0.05, 0.1) is 17.7 Å². The maximum absolute atomic E-state index is 12.8. The van der Waals surface area contributed by atoms with E-state index in [-0.39, 0.29) is 12.5 Å². The van der Waals surface area contributed by atoms with Gasteiger partial charge in [-0.2, -0.15) is 0 Å². The summed E-state index contributed by atoms with van der Waals surface area (Å²) in [5.74, 6) is 0.538. The highest BCUT2D eigenvalue weighted by Crippen LogP contribution is 2.25. The molecule has 1 aromatic heterocycles. The number of aryl methyl sites for hydroxylation is 1. The predicted octanol–water partition coefficient (Wildman–Crippen LogP) is 1.50. The largest absolute Gasteiger partial charge is 0.497 e. The lowest BCUT2D eigenvalue weighted by molar-refractivity contribution is -0.157. The van der Waals surface area contributed by atoms with Crippen LogP contribution in [-0.2, 0) is 17.9 Å². The van der Waals surface area contributed by atoms with Crippen LogP contribution in [0.5, 0.6) is 5.75 Å². The number of piperidine rings is 1. The second kappa shape index (κ2) is 8.11. The molecule has 0 unspecified atom stereocenters. The predicted molar refractivity (Wildman–Crippen MR) is 98.9 cm³/mol. The molecule has 0 aliphatic carbocycles. The molecule has 1 aromatic carbocycles. The van der Waals surface area contributed by atoms with Crippen molar-refractivity contribution in [2.45, 2.75) is 38.5 Å². The van der Waals surface area contributed by atoms with E-state index in [9.17, 15) is 9.90 Å². The summed E-state index contributed by atoms with van der Waals surface area (Å²) in [4.78, 5) is 15.6. The molecule has 1 atom stereocenters. The number of hydrogen-bond acceptors (Lipinski definition) is 7. The minimum Gasteiger partial charge on any atom is -0.497 e. The lowest BCUT2D eigenvalue weighted by Crippen LogP contribution is -2.57. The molecule has 26 heavy (non-hydrogen) atoms. The Hall–Kier alpha value is -2.03. The van der Waals surface area contributed by atoms with E-state index in [1.54, 1.807) is 12.0 Å². The van der Waals surface area contributed by atoms with Crippen molar-refractivity contribution in [3.05, 3.63) is 40.4 Å². The number of methoxy groups -OCH3 is 1. The van der Waals surface area contributed by atoms with Crippen molar-refractivity contribution in [3.8, 4) is 5.75 Å². The van der Waals surface area contributed by atoms with Gasteiger partial charge >= 0.3 is 0 Å². The molecule has 1 aliphatic rings. The van der Waals surface area contributed by atoms with Gasteiger partial charge in [0.1, 0.15) is 5.75 Å². The number of ether oxygens (including phenoxy) is 1. The zero-order chi connectivity index (χ0) is 18.6. The van der Waals surface area contributed by atoms with E-state index in [2.05, 4.69) is 14.9 Å². The number of benzene rings is 1. The van der Waals surface area contributed by atoms with Gasteiger partial charge in [0.25, 0.3) is 5.91 Å². The van der Waals surface area contributed by atoms with Crippen molar-refractivity contribution in [1.82, 2.24) is 19.8 Å². The molecule has 0 saturated carbocycles. The van der Waals surface area contributed by atoms with Crippen molar-refractivity contribution in [2.24, 2.45) is 0 Å². The lowest BCUT2D eigenvalue weighted by Gasteiger charge is -2.38. The minimum absolute atomic E-state index is 0.220. The fourth-order valence-electron chi connectivity index (χ4n) is 3.17. The van der Waals surface area contributed by atoms with Gasteiger partial charge in [0, 0.05) is 26.2 Å². The third-order valence-electron chi connectivity index (χ3n) is 4.66. The third-order valence-corrected chi connectivity index (χ3v) is 5.48. The molecular weight excluding hydrogens is 352 g/mol. The van der Waals surface area contributed by atoms with Crippen LogP contribution in [0.3, 0.4) is 0 Å². The molecule has 3 rings (SSSR count). The molecule has 2 N–H and O–H groups in total. The molecule has 0 bridgehead atoms. The summed E-state index contributed by atoms with van der Waals surface area (Å²) in [6, 6.07) is 7.65. The Morgan fingerprint density at radius 2 is 2.31 bits per heavy atom. The zero-order valence-corrected chi connectivity index (χ0v) is 15.9. The summed E-state index contributed by atoms with van der Waals surface area (Å²) in [5.41, 5.74) is 0.494. The normalized spacial score (nSPS) is 20.4. The van der Waals surface area contributed by atoms with E-state index in [1.807, 2.05) is 31.2 Å². The van der Waals surface area contributed by atoms with Gasteiger partial charge < -0.3 is 20.1 Å². The van der Waals surface area contributed by atoms with Crippen LogP contribution in [0.1, 0.15) is 29.0 Å². The summed E-state index contributed by atoms with van der Waals surface area (Å²) >= 11 is 1.33. The molecule has 1 saturated heterocycles. The number of amides is 1. The van der Waals surface area contributed by atoms with Crippen LogP contribution >= 0.6 is 11.5 Å². The summed E-state index contributed by atoms with van der Waals surface area (Å²) in [6.45, 7) is 3.79. The highest BCUT2D eigenvalue weighted by Gasteiger charge is 2.41. The fraction of sp³-hybridized carbons (Fsp3) is 0.500. The van der Waals surface area contributed by atoms with E-state index in [4.69, 9.17) is 4.74 Å². The van der Waals surface area contributed by atoms with Crippen molar-refractivity contribution in [1.29, 1.82) is 0 Å². The number of carbonyl (C=O) groups excluding carboxylic acids is 1. The molecule has 1 fully saturated rings. The second-order valence-electron chi connectivity index (χ2n) is 6.60. The molecule has 1 aliphatic heterocycles. The molecule has 1 amide bonds. The smallest absolute Gasteiger partial charge is 0.256 e. The first kappa shape index (κ1) is 18.8. The zero-order valence-electron chi connectivity index (χ0n) is 15.1. The molecule has 2 aromatic rings. The van der Waals surface area contributed by atoms with Gasteiger partial charge in [-0.1, -0.05) is 16.6 Å². The Morgan fingerprint density at radius 1 is 1.46 bits per heavy atom. The van der Waals surface area contributed by atoms with Crippen molar-refractivity contribution < 1.29 is 14.6 Å². The first-order valence-electron chi connectivity index (χ1n) is 8.65. The Morgan fingerprint density at radius 3 is 3.04 bits per heavy atom. The Kier molecular flexibility index (Phi) is 5.85. The Bertz CT molecular complexity index is 766. The second-order valence-corrected chi connectivity index (χ2v) is 7.44. The highest BCUT2D eigenvalue weighted by molar-refractivity contribution is 7.05. The maximum Gasteiger partial charge on any atom is 0.256 e. The molecule has 8 heteroatoms. The average molecular weight is 376 g/mol. The first-order chi connectivity index (χ1) is 12.5. The van der Waals surface area contributed by atoms with Crippen LogP contribution in [0.25, 0.3) is 0 Å². The van der Waals surface area contributed by atoms with Crippen molar-refractivity contribution in [3.63, 3.8) is 0 Å². The molecule has 0 spiro atoms. The van der Waals surface area contributed by atoms with Gasteiger partial charge in [-0.15, -0.1) is 5.10 Å². The van der Waals surface area contributed by atoms with E-state index in [0.29, 0.717) is 26.1 Å². The van der Waals surface area contributed by atoms with Gasteiger partial charge in [-0.25, -0.2) is 0 Å². The number of carbonyl (C=O) groups is 1. The van der Waals surface area contributed by atoms with Crippen molar-refractivity contribution >= 4 is 17.4 Å². The average Bonchev–Trinajstić information content (AvgIpc) is 3.04. The van der Waals surface area contributed by atoms with Crippen LogP contribution in [0, 0.1) is 6.92 Å². The number of likely N-dealkylation sites (tertiary alicyclic amines) is 1. The van der Waals surface area contributed by atoms with Gasteiger partial charge in [-0.05, 0) is 49.0 Å². The summed E-state index contributed by atoms with van der Waals surface area (Å²) in [5, 5.41) is 18.0. The number of nitrogens with zero attached hydrogens (tertiary/aromatic N) is 3. The number of aliphatic hydroxyl groups is 1. The molecular formula is C18H24N4O3S. The number of aromatic nitrogens is 2.